The number of hydrogen-bond acceptors (Lipinski definition) is 16. The lowest BCUT2D eigenvalue weighted by Crippen LogP contribution is -2.41. The van der Waals surface area contributed by atoms with Crippen molar-refractivity contribution in [1.82, 2.24) is 29.9 Å². The molecule has 1 aliphatic rings. The van der Waals surface area contributed by atoms with Crippen LogP contribution in [-0.4, -0.2) is 90.2 Å². The molecule has 2 aromatic heterocycles. The second kappa shape index (κ2) is 27.6. The van der Waals surface area contributed by atoms with Crippen molar-refractivity contribution in [3.63, 3.8) is 0 Å². The molecule has 82 heavy (non-hydrogen) atoms. The Morgan fingerprint density at radius 1 is 0.463 bits per heavy atom. The molecule has 0 atom stereocenters. The Bertz CT molecular complexity index is 3320. The van der Waals surface area contributed by atoms with Gasteiger partial charge in [-0.3, -0.25) is 0 Å². The van der Waals surface area contributed by atoms with Crippen LogP contribution in [0.25, 0.3) is 34.2 Å². The predicted octanol–water partition coefficient (Wildman–Crippen LogP) is 12.6. The summed E-state index contributed by atoms with van der Waals surface area (Å²) in [4.78, 5) is 24.8. The van der Waals surface area contributed by atoms with Crippen molar-refractivity contribution in [3.05, 3.63) is 173 Å². The minimum absolute atomic E-state index is 0.0279. The zero-order chi connectivity index (χ0) is 59.1. The number of hydrogen-bond donors (Lipinski definition) is 0. The summed E-state index contributed by atoms with van der Waals surface area (Å²) in [6.07, 6.45) is -9.23. The Morgan fingerprint density at radius 2 is 0.890 bits per heavy atom. The molecule has 1 aliphatic heterocycles. The fraction of sp³-hybridized carbons (Fsp3) is 0.276. The number of rotatable bonds is 18. The molecule has 0 unspecified atom stereocenters. The van der Waals surface area contributed by atoms with Gasteiger partial charge in [0.1, 0.15) is 36.2 Å². The third kappa shape index (κ3) is 16.3. The van der Waals surface area contributed by atoms with Gasteiger partial charge in [-0.05, 0) is 117 Å². The van der Waals surface area contributed by atoms with Crippen molar-refractivity contribution in [1.29, 1.82) is 0 Å². The van der Waals surface area contributed by atoms with Crippen LogP contribution in [0.5, 0.6) is 35.0 Å². The molecular formula is C58H56BClF6N6O10. The van der Waals surface area contributed by atoms with E-state index in [1.807, 2.05) is 84.9 Å². The van der Waals surface area contributed by atoms with Crippen LogP contribution in [0.15, 0.2) is 146 Å². The third-order valence-electron chi connectivity index (χ3n) is 12.4. The van der Waals surface area contributed by atoms with Gasteiger partial charge in [-0.2, -0.15) is 51.3 Å². The Balaban J connectivity index is 0.000000185. The second-order valence-corrected chi connectivity index (χ2v) is 18.9. The summed E-state index contributed by atoms with van der Waals surface area (Å²) in [5, 5.41) is 0.0938. The quantitative estimate of drug-likeness (QED) is 0.0451. The van der Waals surface area contributed by atoms with Gasteiger partial charge in [0.2, 0.25) is 5.28 Å². The fourth-order valence-electron chi connectivity index (χ4n) is 7.61. The minimum Gasteiger partial charge on any atom is -0.489 e. The first-order chi connectivity index (χ1) is 39.1. The van der Waals surface area contributed by atoms with E-state index in [0.29, 0.717) is 30.4 Å². The lowest BCUT2D eigenvalue weighted by molar-refractivity contribution is -0.138. The Labute approximate surface area is 474 Å². The number of nitrogens with zero attached hydrogens (tertiary/aromatic N) is 6. The van der Waals surface area contributed by atoms with E-state index in [4.69, 9.17) is 58.8 Å². The number of alkyl halides is 6. The van der Waals surface area contributed by atoms with Crippen molar-refractivity contribution in [3.8, 4) is 69.2 Å². The number of ether oxygens (including phenoxy) is 8. The van der Waals surface area contributed by atoms with Crippen molar-refractivity contribution < 1.29 is 73.5 Å². The van der Waals surface area contributed by atoms with Gasteiger partial charge in [-0.1, -0.05) is 78.9 Å². The van der Waals surface area contributed by atoms with E-state index < -0.39 is 41.8 Å². The average Bonchev–Trinajstić information content (AvgIpc) is 3.92. The summed E-state index contributed by atoms with van der Waals surface area (Å²) < 4.78 is 135. The molecule has 16 nitrogen and oxygen atoms in total. The first-order valence-corrected chi connectivity index (χ1v) is 25.3. The molecule has 8 aromatic rings. The molecule has 0 saturated carbocycles. The van der Waals surface area contributed by atoms with Gasteiger partial charge in [0.05, 0.1) is 42.1 Å². The molecule has 9 rings (SSSR count). The highest BCUT2D eigenvalue weighted by Crippen LogP contribution is 2.43. The summed E-state index contributed by atoms with van der Waals surface area (Å²) >= 11 is 5.86. The molecule has 3 heterocycles. The van der Waals surface area contributed by atoms with Gasteiger partial charge in [0.15, 0.2) is 31.1 Å². The molecule has 0 aliphatic carbocycles. The van der Waals surface area contributed by atoms with Crippen molar-refractivity contribution in [2.45, 2.75) is 64.5 Å². The van der Waals surface area contributed by atoms with Crippen LogP contribution < -0.4 is 33.9 Å². The number of methoxy groups -OCH3 is 4. The largest absolute Gasteiger partial charge is 0.499 e. The van der Waals surface area contributed by atoms with Gasteiger partial charge in [0, 0.05) is 30.8 Å². The first-order valence-electron chi connectivity index (χ1n) is 24.9. The van der Waals surface area contributed by atoms with Crippen LogP contribution in [0.3, 0.4) is 0 Å². The highest BCUT2D eigenvalue weighted by atomic mass is 35.5. The Kier molecular flexibility index (Phi) is 20.7. The molecule has 1 fully saturated rings. The molecule has 6 aromatic carbocycles. The van der Waals surface area contributed by atoms with Crippen LogP contribution in [0.1, 0.15) is 49.9 Å². The molecule has 0 amide bonds. The van der Waals surface area contributed by atoms with Gasteiger partial charge >= 0.3 is 31.5 Å². The van der Waals surface area contributed by atoms with Crippen molar-refractivity contribution in [2.24, 2.45) is 0 Å². The maximum Gasteiger partial charge on any atom is 0.499 e. The van der Waals surface area contributed by atoms with Gasteiger partial charge in [-0.15, -0.1) is 0 Å². The van der Waals surface area contributed by atoms with E-state index in [9.17, 15) is 26.3 Å². The lowest BCUT2D eigenvalue weighted by atomic mass is 9.75. The molecule has 24 heteroatoms. The summed E-state index contributed by atoms with van der Waals surface area (Å²) in [7, 11) is 4.38. The van der Waals surface area contributed by atoms with Crippen molar-refractivity contribution >= 4 is 24.2 Å². The number of benzene rings is 6. The fourth-order valence-corrected chi connectivity index (χ4v) is 7.76. The molecule has 0 spiro atoms. The highest BCUT2D eigenvalue weighted by molar-refractivity contribution is 6.63. The van der Waals surface area contributed by atoms with E-state index >= 15 is 0 Å². The topological polar surface area (TPSA) is 170 Å². The van der Waals surface area contributed by atoms with Gasteiger partial charge in [-0.25, -0.2) is 4.98 Å². The van der Waals surface area contributed by atoms with Crippen LogP contribution in [-0.2, 0) is 44.3 Å². The van der Waals surface area contributed by atoms with E-state index in [-0.39, 0.29) is 65.1 Å². The molecule has 0 N–H and O–H groups in total. The van der Waals surface area contributed by atoms with Gasteiger partial charge < -0.3 is 47.2 Å². The molecule has 0 radical (unpaired) electrons. The molecule has 0 bridgehead atoms. The van der Waals surface area contributed by atoms with E-state index in [0.717, 1.165) is 34.6 Å². The lowest BCUT2D eigenvalue weighted by Gasteiger charge is -2.32. The maximum absolute atomic E-state index is 13.9. The normalized spacial score (nSPS) is 13.4. The van der Waals surface area contributed by atoms with Crippen LogP contribution in [0, 0.1) is 0 Å². The van der Waals surface area contributed by atoms with Crippen molar-refractivity contribution in [2.75, 3.05) is 42.0 Å². The van der Waals surface area contributed by atoms with Crippen LogP contribution >= 0.6 is 11.6 Å². The summed E-state index contributed by atoms with van der Waals surface area (Å²) in [6.45, 7) is 7.59. The van der Waals surface area contributed by atoms with Crippen LogP contribution in [0.2, 0.25) is 5.28 Å². The SMILES string of the molecule is COCOc1cccc(C(F)(F)F)c1-c1nc(OC)nc(-c2ccc(OCc3ccccc3)cc2)n1.COCOc1cccc(C(F)(F)F)c1B1OC(C)(C)C(C)(C)O1.COc1nc(Cl)nc(-c2ccc(OCc3ccccc3)cc2)n1. The average molecular weight is 1160 g/mol. The zero-order valence-corrected chi connectivity index (χ0v) is 46.4. The smallest absolute Gasteiger partial charge is 0.489 e. The monoisotopic (exact) mass is 1160 g/mol. The third-order valence-corrected chi connectivity index (χ3v) is 12.5. The number of halogens is 7. The molecular weight excluding hydrogens is 1100 g/mol. The summed E-state index contributed by atoms with van der Waals surface area (Å²) in [6, 6.07) is 41.3. The van der Waals surface area contributed by atoms with E-state index in [1.165, 1.54) is 52.7 Å². The standard InChI is InChI=1S/C26H22F3N3O4.C17H14ClN3O2.C15H20BF3O4/c1-33-16-36-21-10-6-9-20(26(27,28)29)22(21)24-30-23(31-25(32-24)34-2)18-11-13-19(14-12-18)35-15-17-7-4-3-5-8-17;1-22-17-20-15(19-16(18)21-17)13-7-9-14(10-8-13)23-11-12-5-3-2-4-6-12;1-13(2)14(3,4)23-16(22-13)12-10(15(17,18)19)7-6-8-11(12)21-9-20-5/h3-14H,15-16H2,1-2H3;2-10H,11H2,1H3;6-8H,9H2,1-5H3. The van der Waals surface area contributed by atoms with E-state index in [1.54, 1.807) is 52.0 Å². The Hall–Kier alpha value is -8.09. The second-order valence-electron chi connectivity index (χ2n) is 18.6. The maximum atomic E-state index is 13.9. The molecule has 1 saturated heterocycles. The van der Waals surface area contributed by atoms with E-state index in [2.05, 4.69) is 29.9 Å². The predicted molar refractivity (Wildman–Crippen MR) is 293 cm³/mol. The zero-order valence-electron chi connectivity index (χ0n) is 45.7. The first kappa shape index (κ1) is 61.5. The minimum atomic E-state index is -4.68. The molecule has 430 valence electrons. The number of aromatic nitrogens is 6. The highest BCUT2D eigenvalue weighted by Gasteiger charge is 2.54. The summed E-state index contributed by atoms with van der Waals surface area (Å²) in [5.74, 6) is 1.65. The van der Waals surface area contributed by atoms with Gasteiger partial charge in [0.25, 0.3) is 0 Å². The van der Waals surface area contributed by atoms with Crippen LogP contribution in [0.4, 0.5) is 26.3 Å². The Morgan fingerprint density at radius 3 is 1.35 bits per heavy atom. The summed E-state index contributed by atoms with van der Waals surface area (Å²) in [5.41, 5.74) is -0.350.